The van der Waals surface area contributed by atoms with Crippen LogP contribution >= 0.6 is 0 Å². The van der Waals surface area contributed by atoms with Crippen molar-refractivity contribution in [3.05, 3.63) is 46.4 Å². The van der Waals surface area contributed by atoms with Gasteiger partial charge >= 0.3 is 5.69 Å². The van der Waals surface area contributed by atoms with Crippen molar-refractivity contribution in [2.45, 2.75) is 44.8 Å². The molecule has 3 aromatic heterocycles. The normalized spacial score (nSPS) is 18.7. The van der Waals surface area contributed by atoms with Crippen LogP contribution in [0.3, 0.4) is 0 Å². The number of benzene rings is 1. The van der Waals surface area contributed by atoms with Crippen LogP contribution in [0.1, 0.15) is 44.2 Å². The summed E-state index contributed by atoms with van der Waals surface area (Å²) in [6.07, 6.45) is 7.34. The lowest BCUT2D eigenvalue weighted by molar-refractivity contribution is -0.00709. The highest BCUT2D eigenvalue weighted by atomic mass is 19.1. The first-order valence-corrected chi connectivity index (χ1v) is 11.7. The van der Waals surface area contributed by atoms with Crippen LogP contribution in [0, 0.1) is 11.2 Å². The van der Waals surface area contributed by atoms with Crippen molar-refractivity contribution in [1.29, 1.82) is 5.41 Å². The molecule has 0 aliphatic carbocycles. The number of hydrogen-bond acceptors (Lipinski definition) is 7. The molecule has 1 aliphatic rings. The van der Waals surface area contributed by atoms with Crippen molar-refractivity contribution in [2.24, 2.45) is 12.0 Å². The Bertz CT molecular complexity index is 1520. The van der Waals surface area contributed by atoms with Crippen molar-refractivity contribution in [1.82, 2.24) is 19.3 Å². The van der Waals surface area contributed by atoms with Crippen molar-refractivity contribution in [3.63, 3.8) is 0 Å². The Kier molecular flexibility index (Phi) is 6.06. The van der Waals surface area contributed by atoms with Gasteiger partial charge in [-0.2, -0.15) is 10.1 Å². The largest absolute Gasteiger partial charge is 0.452 e. The van der Waals surface area contributed by atoms with Crippen molar-refractivity contribution in [3.8, 4) is 11.3 Å². The summed E-state index contributed by atoms with van der Waals surface area (Å²) in [4.78, 5) is 21.8. The SMILES string of the molecule is CCC1CC(n2c(=O)nc(-c3cnn(C)c3)c3oc4cc(F)c(C(=N)CC=NC)cc4c32)CCO1. The van der Waals surface area contributed by atoms with Gasteiger partial charge in [-0.25, -0.2) is 9.18 Å². The van der Waals surface area contributed by atoms with Gasteiger partial charge in [-0.15, -0.1) is 0 Å². The molecule has 182 valence electrons. The average Bonchev–Trinajstić information content (AvgIpc) is 3.44. The smallest absolute Gasteiger partial charge is 0.349 e. The van der Waals surface area contributed by atoms with Gasteiger partial charge in [-0.1, -0.05) is 6.92 Å². The Hall–Kier alpha value is -3.66. The quantitative estimate of drug-likeness (QED) is 0.416. The van der Waals surface area contributed by atoms with Crippen molar-refractivity contribution in [2.75, 3.05) is 13.7 Å². The monoisotopic (exact) mass is 478 g/mol. The second-order valence-corrected chi connectivity index (χ2v) is 8.83. The van der Waals surface area contributed by atoms with E-state index in [2.05, 4.69) is 22.0 Å². The number of nitrogens with one attached hydrogen (secondary N) is 1. The maximum atomic E-state index is 15.0. The number of halogens is 1. The van der Waals surface area contributed by atoms with E-state index in [0.29, 0.717) is 52.8 Å². The van der Waals surface area contributed by atoms with E-state index >= 15 is 4.39 Å². The van der Waals surface area contributed by atoms with E-state index in [1.807, 2.05) is 0 Å². The summed E-state index contributed by atoms with van der Waals surface area (Å²) in [6, 6.07) is 2.74. The predicted octanol–water partition coefficient (Wildman–Crippen LogP) is 4.27. The second-order valence-electron chi connectivity index (χ2n) is 8.83. The Morgan fingerprint density at radius 3 is 2.94 bits per heavy atom. The minimum absolute atomic E-state index is 0.0429. The Morgan fingerprint density at radius 1 is 1.40 bits per heavy atom. The molecule has 2 atom stereocenters. The molecule has 1 saturated heterocycles. The van der Waals surface area contributed by atoms with Crippen LogP contribution in [0.5, 0.6) is 0 Å². The van der Waals surface area contributed by atoms with Crippen LogP contribution in [0.2, 0.25) is 0 Å². The fraction of sp³-hybridized carbons (Fsp3) is 0.400. The number of nitrogens with zero attached hydrogens (tertiary/aromatic N) is 5. The number of aliphatic imine (C=N–C) groups is 1. The van der Waals surface area contributed by atoms with Gasteiger partial charge in [-0.3, -0.25) is 9.25 Å². The third-order valence-electron chi connectivity index (χ3n) is 6.56. The van der Waals surface area contributed by atoms with Crippen LogP contribution < -0.4 is 5.69 Å². The molecule has 0 amide bonds. The van der Waals surface area contributed by atoms with Gasteiger partial charge in [0, 0.05) is 73.9 Å². The summed E-state index contributed by atoms with van der Waals surface area (Å²) in [5.41, 5.74) is 2.08. The number of aryl methyl sites for hydroxylation is 1. The zero-order chi connectivity index (χ0) is 24.7. The van der Waals surface area contributed by atoms with Gasteiger partial charge in [0.05, 0.1) is 12.3 Å². The lowest BCUT2D eigenvalue weighted by atomic mass is 10.00. The zero-order valence-corrected chi connectivity index (χ0v) is 19.9. The van der Waals surface area contributed by atoms with Crippen LogP contribution in [0.4, 0.5) is 4.39 Å². The van der Waals surface area contributed by atoms with Crippen LogP contribution in [0.15, 0.2) is 38.7 Å². The molecule has 2 unspecified atom stereocenters. The maximum Gasteiger partial charge on any atom is 0.349 e. The highest BCUT2D eigenvalue weighted by molar-refractivity contribution is 6.12. The highest BCUT2D eigenvalue weighted by Crippen LogP contribution is 2.38. The average molecular weight is 479 g/mol. The van der Waals surface area contributed by atoms with E-state index in [1.54, 1.807) is 48.0 Å². The fourth-order valence-corrected chi connectivity index (χ4v) is 4.78. The minimum atomic E-state index is -0.562. The molecule has 35 heavy (non-hydrogen) atoms. The van der Waals surface area contributed by atoms with Gasteiger partial charge in [0.25, 0.3) is 0 Å². The Balaban J connectivity index is 1.81. The third kappa shape index (κ3) is 4.07. The molecule has 1 aliphatic heterocycles. The summed E-state index contributed by atoms with van der Waals surface area (Å²) in [7, 11) is 3.39. The van der Waals surface area contributed by atoms with Crippen LogP contribution in [0.25, 0.3) is 33.3 Å². The topological polar surface area (TPSA) is 111 Å². The molecule has 0 radical (unpaired) electrons. The summed E-state index contributed by atoms with van der Waals surface area (Å²) >= 11 is 0. The lowest BCUT2D eigenvalue weighted by Gasteiger charge is -2.30. The van der Waals surface area contributed by atoms with Crippen LogP contribution in [-0.2, 0) is 11.8 Å². The zero-order valence-electron chi connectivity index (χ0n) is 19.9. The van der Waals surface area contributed by atoms with E-state index in [4.69, 9.17) is 14.6 Å². The van der Waals surface area contributed by atoms with E-state index in [1.165, 1.54) is 6.07 Å². The van der Waals surface area contributed by atoms with Gasteiger partial charge in [0.1, 0.15) is 22.6 Å². The molecular formula is C25H27FN6O3. The molecule has 5 rings (SSSR count). The number of furan rings is 1. The molecule has 0 saturated carbocycles. The van der Waals surface area contributed by atoms with Gasteiger partial charge in [-0.05, 0) is 25.3 Å². The number of fused-ring (bicyclic) bond motifs is 3. The maximum absolute atomic E-state index is 15.0. The second kappa shape index (κ2) is 9.18. The molecule has 0 spiro atoms. The van der Waals surface area contributed by atoms with Crippen LogP contribution in [-0.4, -0.2) is 51.0 Å². The standard InChI is InChI=1S/C25H27FN6O3/c1-4-16-9-15(6-8-34-16)32-23-18-10-17(20(27)5-7-28-2)19(26)11-21(18)35-24(23)22(30-25(32)33)14-12-29-31(3)13-14/h7,10-13,15-16,27H,4-6,8-9H2,1-3H3. The Morgan fingerprint density at radius 2 is 2.23 bits per heavy atom. The minimum Gasteiger partial charge on any atom is -0.452 e. The van der Waals surface area contributed by atoms with Crippen molar-refractivity contribution < 1.29 is 13.5 Å². The number of hydrogen-bond donors (Lipinski definition) is 1. The highest BCUT2D eigenvalue weighted by Gasteiger charge is 2.29. The molecule has 0 bridgehead atoms. The first kappa shape index (κ1) is 23.1. The van der Waals surface area contributed by atoms with Gasteiger partial charge in [0.15, 0.2) is 5.58 Å². The van der Waals surface area contributed by atoms with Gasteiger partial charge < -0.3 is 19.6 Å². The first-order valence-electron chi connectivity index (χ1n) is 11.7. The summed E-state index contributed by atoms with van der Waals surface area (Å²) in [5, 5.41) is 13.1. The van der Waals surface area contributed by atoms with E-state index in [-0.39, 0.29) is 29.8 Å². The van der Waals surface area contributed by atoms with Crippen molar-refractivity contribution >= 4 is 34.0 Å². The predicted molar refractivity (Wildman–Crippen MR) is 132 cm³/mol. The molecule has 4 aromatic rings. The summed E-state index contributed by atoms with van der Waals surface area (Å²) < 4.78 is 30.3. The van der Waals surface area contributed by atoms with E-state index in [0.717, 1.165) is 6.42 Å². The summed E-state index contributed by atoms with van der Waals surface area (Å²) in [5.74, 6) is -0.562. The summed E-state index contributed by atoms with van der Waals surface area (Å²) in [6.45, 7) is 2.60. The molecule has 1 aromatic carbocycles. The van der Waals surface area contributed by atoms with E-state index in [9.17, 15) is 4.79 Å². The molecule has 1 fully saturated rings. The molecule has 9 nitrogen and oxygen atoms in total. The number of rotatable bonds is 6. The molecule has 10 heteroatoms. The number of aromatic nitrogens is 4. The Labute approximate surface area is 200 Å². The first-order chi connectivity index (χ1) is 16.9. The molecular weight excluding hydrogens is 451 g/mol. The lowest BCUT2D eigenvalue weighted by Crippen LogP contribution is -2.34. The molecule has 1 N–H and O–H groups in total. The third-order valence-corrected chi connectivity index (χ3v) is 6.56. The molecule has 4 heterocycles. The van der Waals surface area contributed by atoms with Gasteiger partial charge in [0.2, 0.25) is 0 Å². The fourth-order valence-electron chi connectivity index (χ4n) is 4.78. The van der Waals surface area contributed by atoms with E-state index < -0.39 is 11.5 Å². The number of ether oxygens (including phenoxy) is 1.